The second kappa shape index (κ2) is 8.98. The second-order valence-corrected chi connectivity index (χ2v) is 10.4. The van der Waals surface area contributed by atoms with Gasteiger partial charge < -0.3 is 4.55 Å². The third-order valence-corrected chi connectivity index (χ3v) is 7.48. The van der Waals surface area contributed by atoms with Crippen molar-refractivity contribution in [1.29, 1.82) is 0 Å². The van der Waals surface area contributed by atoms with Gasteiger partial charge in [0.1, 0.15) is 11.0 Å². The molecule has 0 bridgehead atoms. The number of rotatable bonds is 5. The van der Waals surface area contributed by atoms with E-state index in [0.717, 1.165) is 21.5 Å². The van der Waals surface area contributed by atoms with Gasteiger partial charge in [0.25, 0.3) is 0 Å². The van der Waals surface area contributed by atoms with Crippen LogP contribution >= 0.6 is 23.2 Å². The van der Waals surface area contributed by atoms with Gasteiger partial charge in [-0.25, -0.2) is 13.1 Å². The van der Waals surface area contributed by atoms with Crippen LogP contribution in [0.1, 0.15) is 13.8 Å². The summed E-state index contributed by atoms with van der Waals surface area (Å²) in [5, 5.41) is 4.32. The van der Waals surface area contributed by atoms with Crippen LogP contribution < -0.4 is 4.72 Å². The lowest BCUT2D eigenvalue weighted by Gasteiger charge is -2.19. The predicted molar refractivity (Wildman–Crippen MR) is 131 cm³/mol. The Morgan fingerprint density at radius 1 is 0.774 bits per heavy atom. The molecule has 160 valence electrons. The molecule has 0 aliphatic rings. The highest BCUT2D eigenvalue weighted by Gasteiger charge is 2.22. The SMILES string of the molecule is CC(C)NS(=O)c1ccc2cc(Cl)ccc2c1-c1c(S(=O)O)ccc2cc(Cl)ccc12. The molecule has 4 rings (SSSR count). The third kappa shape index (κ3) is 4.42. The second-order valence-electron chi connectivity index (χ2n) is 7.40. The van der Waals surface area contributed by atoms with Crippen LogP contribution in [0.5, 0.6) is 0 Å². The van der Waals surface area contributed by atoms with Crippen LogP contribution in [-0.4, -0.2) is 19.0 Å². The van der Waals surface area contributed by atoms with Gasteiger partial charge in [-0.2, -0.15) is 0 Å². The molecule has 4 nitrogen and oxygen atoms in total. The Bertz CT molecular complexity index is 1370. The molecule has 0 spiro atoms. The Labute approximate surface area is 195 Å². The number of nitrogens with one attached hydrogen (secondary N) is 1. The third-order valence-electron chi connectivity index (χ3n) is 4.87. The first-order valence-corrected chi connectivity index (χ1v) is 12.5. The minimum Gasteiger partial charge on any atom is -0.302 e. The molecule has 0 heterocycles. The fourth-order valence-electron chi connectivity index (χ4n) is 3.65. The highest BCUT2D eigenvalue weighted by Crippen LogP contribution is 2.42. The average molecular weight is 492 g/mol. The van der Waals surface area contributed by atoms with E-state index in [-0.39, 0.29) is 10.9 Å². The van der Waals surface area contributed by atoms with Crippen LogP contribution in [-0.2, 0) is 22.1 Å². The van der Waals surface area contributed by atoms with E-state index in [4.69, 9.17) is 23.2 Å². The molecule has 8 heteroatoms. The lowest BCUT2D eigenvalue weighted by atomic mass is 9.93. The molecule has 4 aromatic rings. The van der Waals surface area contributed by atoms with Gasteiger partial charge in [-0.05, 0) is 71.8 Å². The fourth-order valence-corrected chi connectivity index (χ4v) is 5.73. The minimum atomic E-state index is -2.26. The Kier molecular flexibility index (Phi) is 6.49. The molecular formula is C23H19Cl2NO3S2. The van der Waals surface area contributed by atoms with E-state index in [0.29, 0.717) is 26.1 Å². The van der Waals surface area contributed by atoms with E-state index < -0.39 is 22.1 Å². The smallest absolute Gasteiger partial charge is 0.187 e. The van der Waals surface area contributed by atoms with Crippen molar-refractivity contribution in [3.63, 3.8) is 0 Å². The summed E-state index contributed by atoms with van der Waals surface area (Å²) in [5.41, 5.74) is 1.18. The molecule has 2 N–H and O–H groups in total. The van der Waals surface area contributed by atoms with E-state index in [2.05, 4.69) is 4.72 Å². The van der Waals surface area contributed by atoms with Gasteiger partial charge in [0.05, 0.1) is 9.79 Å². The van der Waals surface area contributed by atoms with Gasteiger partial charge >= 0.3 is 0 Å². The number of hydrogen-bond donors (Lipinski definition) is 2. The summed E-state index contributed by atoms with van der Waals surface area (Å²) in [5.74, 6) is 0. The molecule has 0 radical (unpaired) electrons. The summed E-state index contributed by atoms with van der Waals surface area (Å²) < 4.78 is 38.7. The molecule has 2 atom stereocenters. The maximum atomic E-state index is 13.2. The quantitative estimate of drug-likeness (QED) is 0.310. The van der Waals surface area contributed by atoms with Crippen molar-refractivity contribution < 1.29 is 13.0 Å². The highest BCUT2D eigenvalue weighted by atomic mass is 35.5. The summed E-state index contributed by atoms with van der Waals surface area (Å²) in [6.07, 6.45) is 0. The minimum absolute atomic E-state index is 0.0210. The zero-order valence-corrected chi connectivity index (χ0v) is 19.8. The fraction of sp³-hybridized carbons (Fsp3) is 0.130. The summed E-state index contributed by atoms with van der Waals surface area (Å²) in [6.45, 7) is 3.82. The van der Waals surface area contributed by atoms with E-state index in [9.17, 15) is 13.0 Å². The molecule has 0 aromatic heterocycles. The molecule has 0 fully saturated rings. The highest BCUT2D eigenvalue weighted by molar-refractivity contribution is 7.83. The molecule has 0 amide bonds. The van der Waals surface area contributed by atoms with Crippen LogP contribution in [0.3, 0.4) is 0 Å². The van der Waals surface area contributed by atoms with Crippen LogP contribution in [0, 0.1) is 0 Å². The van der Waals surface area contributed by atoms with Crippen LogP contribution in [0.2, 0.25) is 10.0 Å². The van der Waals surface area contributed by atoms with Crippen molar-refractivity contribution in [3.8, 4) is 11.1 Å². The van der Waals surface area contributed by atoms with Gasteiger partial charge in [0, 0.05) is 27.2 Å². The Balaban J connectivity index is 2.18. The maximum absolute atomic E-state index is 13.2. The van der Waals surface area contributed by atoms with E-state index in [1.54, 1.807) is 36.4 Å². The Hall–Kier alpha value is -1.80. The van der Waals surface area contributed by atoms with Crippen LogP contribution in [0.25, 0.3) is 32.7 Å². The van der Waals surface area contributed by atoms with Crippen molar-refractivity contribution in [2.75, 3.05) is 0 Å². The molecular weight excluding hydrogens is 473 g/mol. The van der Waals surface area contributed by atoms with Gasteiger partial charge in [0.15, 0.2) is 11.1 Å². The average Bonchev–Trinajstić information content (AvgIpc) is 2.71. The monoisotopic (exact) mass is 491 g/mol. The molecule has 0 saturated heterocycles. The normalized spacial score (nSPS) is 13.7. The van der Waals surface area contributed by atoms with Crippen molar-refractivity contribution in [3.05, 3.63) is 70.7 Å². The maximum Gasteiger partial charge on any atom is 0.187 e. The molecule has 0 aliphatic carbocycles. The topological polar surface area (TPSA) is 66.4 Å². The van der Waals surface area contributed by atoms with E-state index in [1.807, 2.05) is 38.1 Å². The van der Waals surface area contributed by atoms with Gasteiger partial charge in [0.2, 0.25) is 0 Å². The first-order chi connectivity index (χ1) is 14.8. The zero-order chi connectivity index (χ0) is 22.3. The van der Waals surface area contributed by atoms with Crippen molar-refractivity contribution in [2.24, 2.45) is 0 Å². The predicted octanol–water partition coefficient (Wildman–Crippen LogP) is 6.57. The summed E-state index contributed by atoms with van der Waals surface area (Å²) in [7, 11) is -1.55. The van der Waals surface area contributed by atoms with Gasteiger partial charge in [-0.1, -0.05) is 47.5 Å². The number of benzene rings is 4. The largest absolute Gasteiger partial charge is 0.302 e. The van der Waals surface area contributed by atoms with Gasteiger partial charge in [-0.3, -0.25) is 0 Å². The van der Waals surface area contributed by atoms with Crippen molar-refractivity contribution in [1.82, 2.24) is 4.72 Å². The van der Waals surface area contributed by atoms with E-state index in [1.165, 1.54) is 0 Å². The molecule has 4 aromatic carbocycles. The summed E-state index contributed by atoms with van der Waals surface area (Å²) in [6, 6.07) is 17.8. The van der Waals surface area contributed by atoms with E-state index >= 15 is 0 Å². The van der Waals surface area contributed by atoms with Crippen LogP contribution in [0.15, 0.2) is 70.5 Å². The first-order valence-electron chi connectivity index (χ1n) is 9.50. The standard InChI is InChI=1S/C23H19Cl2NO3S2/c1-13(2)26-30(27)20-9-3-14-11-16(24)5-7-18(14)22(20)23-19-8-6-17(25)12-15(19)4-10-21(23)31(28)29/h3-13,26H,1-2H3,(H,28,29). The first kappa shape index (κ1) is 22.4. The lowest BCUT2D eigenvalue weighted by molar-refractivity contribution is 0.565. The summed E-state index contributed by atoms with van der Waals surface area (Å²) in [4.78, 5) is 0.762. The Morgan fingerprint density at radius 3 is 1.74 bits per heavy atom. The van der Waals surface area contributed by atoms with Crippen molar-refractivity contribution in [2.45, 2.75) is 29.7 Å². The summed E-state index contributed by atoms with van der Waals surface area (Å²) >= 11 is 10.1. The number of hydrogen-bond acceptors (Lipinski definition) is 2. The molecule has 0 saturated carbocycles. The Morgan fingerprint density at radius 2 is 1.26 bits per heavy atom. The molecule has 2 unspecified atom stereocenters. The zero-order valence-electron chi connectivity index (χ0n) is 16.7. The number of halogens is 2. The molecule has 31 heavy (non-hydrogen) atoms. The van der Waals surface area contributed by atoms with Gasteiger partial charge in [-0.15, -0.1) is 0 Å². The van der Waals surface area contributed by atoms with Crippen LogP contribution in [0.4, 0.5) is 0 Å². The lowest BCUT2D eigenvalue weighted by Crippen LogP contribution is -2.25. The molecule has 0 aliphatic heterocycles. The number of fused-ring (bicyclic) bond motifs is 2. The van der Waals surface area contributed by atoms with Crippen molar-refractivity contribution >= 4 is 66.8 Å².